The zero-order valence-electron chi connectivity index (χ0n) is 11.0. The molecule has 106 valence electrons. The molecule has 1 saturated heterocycles. The lowest BCUT2D eigenvalue weighted by Gasteiger charge is -2.30. The molecule has 0 aliphatic carbocycles. The number of hydrogen-bond donors (Lipinski definition) is 2. The molecule has 1 atom stereocenters. The van der Waals surface area contributed by atoms with Crippen molar-refractivity contribution in [3.63, 3.8) is 0 Å². The molecule has 0 spiro atoms. The lowest BCUT2D eigenvalue weighted by Crippen LogP contribution is -2.37. The van der Waals surface area contributed by atoms with Gasteiger partial charge in [0.15, 0.2) is 11.5 Å². The van der Waals surface area contributed by atoms with Gasteiger partial charge < -0.3 is 19.8 Å². The number of ether oxygens (including phenoxy) is 1. The fraction of sp³-hybridized carbons (Fsp3) is 0.357. The van der Waals surface area contributed by atoms with E-state index in [1.165, 1.54) is 11.3 Å². The molecular weight excluding hydrogens is 278 g/mol. The first kappa shape index (κ1) is 13.2. The van der Waals surface area contributed by atoms with Crippen molar-refractivity contribution in [3.8, 4) is 11.5 Å². The predicted octanol–water partition coefficient (Wildman–Crippen LogP) is 2.15. The maximum atomic E-state index is 10.9. The molecule has 1 aromatic carbocycles. The van der Waals surface area contributed by atoms with Crippen molar-refractivity contribution >= 4 is 27.8 Å². The fourth-order valence-corrected chi connectivity index (χ4v) is 3.76. The number of aromatic hydroxyl groups is 2. The van der Waals surface area contributed by atoms with Gasteiger partial charge in [0.2, 0.25) is 6.41 Å². The Balaban J connectivity index is 2.03. The third-order valence-electron chi connectivity index (χ3n) is 3.61. The number of phenolic OH excluding ortho intramolecular Hbond substituents is 2. The van der Waals surface area contributed by atoms with Gasteiger partial charge in [0, 0.05) is 22.2 Å². The van der Waals surface area contributed by atoms with Gasteiger partial charge in [-0.1, -0.05) is 0 Å². The first-order valence-electron chi connectivity index (χ1n) is 6.36. The molecule has 0 bridgehead atoms. The Morgan fingerprint density at radius 2 is 2.15 bits per heavy atom. The van der Waals surface area contributed by atoms with Gasteiger partial charge in [-0.2, -0.15) is 0 Å². The minimum absolute atomic E-state index is 0.121. The van der Waals surface area contributed by atoms with Crippen LogP contribution in [0.5, 0.6) is 11.5 Å². The maximum Gasteiger partial charge on any atom is 0.209 e. The van der Waals surface area contributed by atoms with Crippen molar-refractivity contribution in [2.24, 2.45) is 0 Å². The van der Waals surface area contributed by atoms with Gasteiger partial charge in [-0.15, -0.1) is 11.3 Å². The molecule has 1 fully saturated rings. The number of fused-ring (bicyclic) bond motifs is 1. The highest BCUT2D eigenvalue weighted by Crippen LogP contribution is 2.41. The second-order valence-electron chi connectivity index (χ2n) is 4.89. The van der Waals surface area contributed by atoms with Gasteiger partial charge in [-0.3, -0.25) is 4.79 Å². The summed E-state index contributed by atoms with van der Waals surface area (Å²) in [6.07, 6.45) is 0.700. The van der Waals surface area contributed by atoms with E-state index in [1.54, 1.807) is 17.0 Å². The molecule has 1 unspecified atom stereocenters. The molecule has 3 rings (SSSR count). The van der Waals surface area contributed by atoms with Crippen LogP contribution in [0.3, 0.4) is 0 Å². The topological polar surface area (TPSA) is 70.0 Å². The minimum atomic E-state index is -0.143. The number of hydrogen-bond acceptors (Lipinski definition) is 5. The van der Waals surface area contributed by atoms with Crippen molar-refractivity contribution in [1.82, 2.24) is 4.90 Å². The van der Waals surface area contributed by atoms with Gasteiger partial charge in [-0.25, -0.2) is 0 Å². The summed E-state index contributed by atoms with van der Waals surface area (Å²) in [6.45, 7) is 3.64. The van der Waals surface area contributed by atoms with E-state index in [9.17, 15) is 15.0 Å². The Labute approximate surface area is 120 Å². The van der Waals surface area contributed by atoms with Gasteiger partial charge >= 0.3 is 0 Å². The molecule has 5 nitrogen and oxygen atoms in total. The van der Waals surface area contributed by atoms with Crippen LogP contribution in [0, 0.1) is 6.92 Å². The van der Waals surface area contributed by atoms with Crippen molar-refractivity contribution < 1.29 is 19.7 Å². The highest BCUT2D eigenvalue weighted by molar-refractivity contribution is 7.19. The summed E-state index contributed by atoms with van der Waals surface area (Å²) >= 11 is 1.53. The van der Waals surface area contributed by atoms with Crippen LogP contribution in [0.1, 0.15) is 16.5 Å². The van der Waals surface area contributed by atoms with E-state index in [-0.39, 0.29) is 17.6 Å². The summed E-state index contributed by atoms with van der Waals surface area (Å²) in [5, 5.41) is 20.1. The van der Waals surface area contributed by atoms with E-state index in [0.29, 0.717) is 19.7 Å². The molecule has 0 saturated carbocycles. The molecule has 1 aliphatic heterocycles. The fourth-order valence-electron chi connectivity index (χ4n) is 2.49. The predicted molar refractivity (Wildman–Crippen MR) is 76.2 cm³/mol. The number of amides is 1. The van der Waals surface area contributed by atoms with Gasteiger partial charge in [0.05, 0.1) is 13.2 Å². The monoisotopic (exact) mass is 293 g/mol. The largest absolute Gasteiger partial charge is 0.504 e. The van der Waals surface area contributed by atoms with E-state index in [4.69, 9.17) is 4.74 Å². The third kappa shape index (κ3) is 2.10. The molecule has 0 radical (unpaired) electrons. The Hall–Kier alpha value is -1.79. The summed E-state index contributed by atoms with van der Waals surface area (Å²) in [5.74, 6) is -0.242. The number of carbonyl (C=O) groups excluding carboxylic acids is 1. The maximum absolute atomic E-state index is 10.9. The van der Waals surface area contributed by atoms with E-state index in [0.717, 1.165) is 26.9 Å². The standard InChI is InChI=1S/C14H15NO4S/c1-8-9-4-10(17)11(18)5-13(9)20-14(8)12-6-15(7-16)2-3-19-12/h4-5,7,12,17-18H,2-3,6H2,1H3. The molecule has 2 heterocycles. The zero-order valence-corrected chi connectivity index (χ0v) is 11.8. The quantitative estimate of drug-likeness (QED) is 0.657. The van der Waals surface area contributed by atoms with Gasteiger partial charge in [-0.05, 0) is 23.9 Å². The smallest absolute Gasteiger partial charge is 0.209 e. The number of phenols is 2. The number of aryl methyl sites for hydroxylation is 1. The molecule has 6 heteroatoms. The van der Waals surface area contributed by atoms with Crippen LogP contribution in [-0.2, 0) is 9.53 Å². The first-order chi connectivity index (χ1) is 9.60. The summed E-state index contributed by atoms with van der Waals surface area (Å²) in [4.78, 5) is 13.6. The number of nitrogens with zero attached hydrogens (tertiary/aromatic N) is 1. The highest BCUT2D eigenvalue weighted by atomic mass is 32.1. The van der Waals surface area contributed by atoms with Gasteiger partial charge in [0.25, 0.3) is 0 Å². The summed E-state index contributed by atoms with van der Waals surface area (Å²) in [7, 11) is 0. The lowest BCUT2D eigenvalue weighted by molar-refractivity contribution is -0.125. The average molecular weight is 293 g/mol. The Morgan fingerprint density at radius 1 is 1.40 bits per heavy atom. The Kier molecular flexibility index (Phi) is 3.27. The van der Waals surface area contributed by atoms with E-state index in [2.05, 4.69) is 0 Å². The third-order valence-corrected chi connectivity index (χ3v) is 4.96. The van der Waals surface area contributed by atoms with Crippen LogP contribution >= 0.6 is 11.3 Å². The van der Waals surface area contributed by atoms with Crippen molar-refractivity contribution in [1.29, 1.82) is 0 Å². The van der Waals surface area contributed by atoms with E-state index >= 15 is 0 Å². The van der Waals surface area contributed by atoms with E-state index in [1.807, 2.05) is 6.92 Å². The summed E-state index contributed by atoms with van der Waals surface area (Å²) < 4.78 is 6.65. The minimum Gasteiger partial charge on any atom is -0.504 e. The van der Waals surface area contributed by atoms with Crippen LogP contribution in [0.25, 0.3) is 10.1 Å². The molecule has 2 aromatic rings. The van der Waals surface area contributed by atoms with Crippen LogP contribution in [-0.4, -0.2) is 41.2 Å². The van der Waals surface area contributed by atoms with Crippen molar-refractivity contribution in [3.05, 3.63) is 22.6 Å². The van der Waals surface area contributed by atoms with Crippen LogP contribution in [0.2, 0.25) is 0 Å². The van der Waals surface area contributed by atoms with Crippen molar-refractivity contribution in [2.75, 3.05) is 19.7 Å². The average Bonchev–Trinajstić information content (AvgIpc) is 2.77. The molecule has 2 N–H and O–H groups in total. The number of rotatable bonds is 2. The lowest BCUT2D eigenvalue weighted by atomic mass is 10.1. The number of morpholine rings is 1. The second-order valence-corrected chi connectivity index (χ2v) is 5.97. The molecule has 1 aliphatic rings. The van der Waals surface area contributed by atoms with Gasteiger partial charge in [0.1, 0.15) is 6.10 Å². The zero-order chi connectivity index (χ0) is 14.3. The molecule has 1 aromatic heterocycles. The Bertz CT molecular complexity index is 667. The van der Waals surface area contributed by atoms with Crippen molar-refractivity contribution in [2.45, 2.75) is 13.0 Å². The van der Waals surface area contributed by atoms with Crippen LogP contribution in [0.15, 0.2) is 12.1 Å². The summed E-state index contributed by atoms with van der Waals surface area (Å²) in [5.41, 5.74) is 1.03. The van der Waals surface area contributed by atoms with E-state index < -0.39 is 0 Å². The number of benzene rings is 1. The number of thiophene rings is 1. The normalized spacial score (nSPS) is 19.4. The molecule has 1 amide bonds. The highest BCUT2D eigenvalue weighted by Gasteiger charge is 2.25. The Morgan fingerprint density at radius 3 is 2.90 bits per heavy atom. The number of carbonyl (C=O) groups is 1. The molecule has 20 heavy (non-hydrogen) atoms. The van der Waals surface area contributed by atoms with Crippen LogP contribution < -0.4 is 0 Å². The SMILES string of the molecule is Cc1c(C2CN(C=O)CCO2)sc2cc(O)c(O)cc12. The second kappa shape index (κ2) is 4.96. The van der Waals surface area contributed by atoms with Crippen LogP contribution in [0.4, 0.5) is 0 Å². The molecular formula is C14H15NO4S. The summed E-state index contributed by atoms with van der Waals surface area (Å²) in [6, 6.07) is 3.13. The first-order valence-corrected chi connectivity index (χ1v) is 7.17.